The topological polar surface area (TPSA) is 58.4 Å². The van der Waals surface area contributed by atoms with Crippen LogP contribution in [0.2, 0.25) is 5.02 Å². The summed E-state index contributed by atoms with van der Waals surface area (Å²) in [6, 6.07) is 8.09. The molecule has 1 saturated heterocycles. The van der Waals surface area contributed by atoms with Crippen LogP contribution in [0.4, 0.5) is 0 Å². The van der Waals surface area contributed by atoms with E-state index in [-0.39, 0.29) is 5.91 Å². The fourth-order valence-electron chi connectivity index (χ4n) is 3.57. The molecule has 0 spiro atoms. The van der Waals surface area contributed by atoms with Crippen molar-refractivity contribution < 1.29 is 9.21 Å². The van der Waals surface area contributed by atoms with E-state index in [1.165, 1.54) is 12.8 Å². The van der Waals surface area contributed by atoms with Crippen LogP contribution >= 0.6 is 11.6 Å². The van der Waals surface area contributed by atoms with Gasteiger partial charge in [-0.05, 0) is 50.3 Å². The van der Waals surface area contributed by atoms with Crippen molar-refractivity contribution in [3.05, 3.63) is 41.4 Å². The molecule has 27 heavy (non-hydrogen) atoms. The maximum Gasteiger partial charge on any atom is 0.223 e. The van der Waals surface area contributed by atoms with E-state index in [4.69, 9.17) is 16.0 Å². The summed E-state index contributed by atoms with van der Waals surface area (Å²) < 4.78 is 5.79. The van der Waals surface area contributed by atoms with E-state index < -0.39 is 0 Å². The van der Waals surface area contributed by atoms with Gasteiger partial charge < -0.3 is 14.6 Å². The van der Waals surface area contributed by atoms with E-state index in [1.54, 1.807) is 6.20 Å². The molecule has 1 aliphatic heterocycles. The number of piperidine rings is 1. The lowest BCUT2D eigenvalue weighted by Gasteiger charge is -2.32. The number of hydrogen-bond donors (Lipinski definition) is 1. The number of carbonyl (C=O) groups excluding carboxylic acids is 1. The van der Waals surface area contributed by atoms with E-state index in [0.29, 0.717) is 35.6 Å². The highest BCUT2D eigenvalue weighted by Crippen LogP contribution is 2.29. The first-order valence-corrected chi connectivity index (χ1v) is 10.3. The van der Waals surface area contributed by atoms with Gasteiger partial charge in [-0.1, -0.05) is 23.7 Å². The van der Waals surface area contributed by atoms with Gasteiger partial charge in [0.05, 0.1) is 11.2 Å². The normalized spacial score (nSPS) is 18.0. The van der Waals surface area contributed by atoms with Crippen molar-refractivity contribution in [3.8, 4) is 11.3 Å². The highest BCUT2D eigenvalue weighted by atomic mass is 35.5. The van der Waals surface area contributed by atoms with Gasteiger partial charge in [-0.2, -0.15) is 0 Å². The van der Waals surface area contributed by atoms with Crippen LogP contribution in [-0.4, -0.2) is 41.5 Å². The average Bonchev–Trinajstić information content (AvgIpc) is 3.41. The number of oxazole rings is 1. The van der Waals surface area contributed by atoms with Crippen molar-refractivity contribution in [1.82, 2.24) is 15.2 Å². The minimum atomic E-state index is 0.188. The minimum Gasteiger partial charge on any atom is -0.441 e. The number of rotatable bonds is 7. The first-order valence-electron chi connectivity index (χ1n) is 9.90. The molecule has 0 bridgehead atoms. The maximum atomic E-state index is 12.5. The molecule has 0 atom stereocenters. The number of aromatic nitrogens is 1. The predicted molar refractivity (Wildman–Crippen MR) is 106 cm³/mol. The highest BCUT2D eigenvalue weighted by Gasteiger charge is 2.26. The Morgan fingerprint density at radius 2 is 2.00 bits per heavy atom. The molecule has 1 amide bonds. The lowest BCUT2D eigenvalue weighted by Crippen LogP contribution is -2.45. The predicted octanol–water partition coefficient (Wildman–Crippen LogP) is 3.92. The quantitative estimate of drug-likeness (QED) is 0.782. The third-order valence-electron chi connectivity index (χ3n) is 5.49. The number of nitrogens with zero attached hydrogens (tertiary/aromatic N) is 2. The molecule has 2 fully saturated rings. The summed E-state index contributed by atoms with van der Waals surface area (Å²) in [6.45, 7) is 2.84. The van der Waals surface area contributed by atoms with Crippen molar-refractivity contribution in [2.75, 3.05) is 19.6 Å². The van der Waals surface area contributed by atoms with E-state index in [9.17, 15) is 4.79 Å². The van der Waals surface area contributed by atoms with Crippen LogP contribution in [0.15, 0.2) is 34.9 Å². The van der Waals surface area contributed by atoms with Gasteiger partial charge in [0.2, 0.25) is 5.91 Å². The van der Waals surface area contributed by atoms with Gasteiger partial charge >= 0.3 is 0 Å². The Hall–Kier alpha value is -1.85. The molecule has 2 aliphatic rings. The summed E-state index contributed by atoms with van der Waals surface area (Å²) in [5.74, 6) is 2.32. The van der Waals surface area contributed by atoms with Gasteiger partial charge in [0, 0.05) is 37.5 Å². The van der Waals surface area contributed by atoms with Crippen LogP contribution in [0.1, 0.15) is 38.0 Å². The summed E-state index contributed by atoms with van der Waals surface area (Å²) in [5.41, 5.74) is 0.824. The molecular formula is C21H26ClN3O2. The number of amides is 1. The van der Waals surface area contributed by atoms with Crippen molar-refractivity contribution >= 4 is 17.5 Å². The molecule has 5 nitrogen and oxygen atoms in total. The Labute approximate surface area is 165 Å². The summed E-state index contributed by atoms with van der Waals surface area (Å²) in [7, 11) is 0. The van der Waals surface area contributed by atoms with E-state index in [1.807, 2.05) is 29.2 Å². The van der Waals surface area contributed by atoms with Crippen molar-refractivity contribution in [2.24, 2.45) is 5.92 Å². The molecule has 2 heterocycles. The van der Waals surface area contributed by atoms with Crippen LogP contribution in [0, 0.1) is 5.92 Å². The molecule has 2 aromatic rings. The highest BCUT2D eigenvalue weighted by molar-refractivity contribution is 6.33. The second-order valence-corrected chi connectivity index (χ2v) is 8.01. The molecule has 144 valence electrons. The van der Waals surface area contributed by atoms with Crippen LogP contribution in [0.5, 0.6) is 0 Å². The number of halogens is 1. The number of carbonyl (C=O) groups is 1. The lowest BCUT2D eigenvalue weighted by molar-refractivity contribution is -0.132. The number of likely N-dealkylation sites (tertiary alicyclic amines) is 1. The van der Waals surface area contributed by atoms with Gasteiger partial charge in [-0.15, -0.1) is 0 Å². The van der Waals surface area contributed by atoms with E-state index in [2.05, 4.69) is 10.3 Å². The van der Waals surface area contributed by atoms with Gasteiger partial charge in [0.25, 0.3) is 0 Å². The van der Waals surface area contributed by atoms with Crippen LogP contribution in [0.3, 0.4) is 0 Å². The van der Waals surface area contributed by atoms with E-state index >= 15 is 0 Å². The second-order valence-electron chi connectivity index (χ2n) is 7.60. The molecule has 1 aliphatic carbocycles. The Kier molecular flexibility index (Phi) is 5.79. The van der Waals surface area contributed by atoms with Crippen molar-refractivity contribution in [2.45, 2.75) is 44.6 Å². The van der Waals surface area contributed by atoms with Crippen LogP contribution in [-0.2, 0) is 11.2 Å². The second kappa shape index (κ2) is 8.44. The fraction of sp³-hybridized carbons (Fsp3) is 0.524. The summed E-state index contributed by atoms with van der Waals surface area (Å²) in [6.07, 6.45) is 7.48. The molecule has 0 unspecified atom stereocenters. The van der Waals surface area contributed by atoms with Gasteiger partial charge in [0.15, 0.2) is 11.7 Å². The molecule has 1 aromatic carbocycles. The third kappa shape index (κ3) is 4.90. The maximum absolute atomic E-state index is 12.5. The first-order chi connectivity index (χ1) is 13.2. The summed E-state index contributed by atoms with van der Waals surface area (Å²) >= 11 is 6.20. The van der Waals surface area contributed by atoms with Gasteiger partial charge in [0.1, 0.15) is 0 Å². The molecule has 1 N–H and O–H groups in total. The average molecular weight is 388 g/mol. The molecule has 1 aromatic heterocycles. The summed E-state index contributed by atoms with van der Waals surface area (Å²) in [4.78, 5) is 18.8. The molecule has 4 rings (SSSR count). The van der Waals surface area contributed by atoms with Gasteiger partial charge in [-0.25, -0.2) is 4.98 Å². The standard InChI is InChI=1S/C21H26ClN3O2/c22-18-4-2-1-3-17(18)19-14-24-20(27-19)7-8-21(26)25-11-9-16(10-12-25)23-13-15-5-6-15/h1-4,14-16,23H,5-13H2. The molecule has 6 heteroatoms. The molecule has 0 radical (unpaired) electrons. The summed E-state index contributed by atoms with van der Waals surface area (Å²) in [5, 5.41) is 4.28. The zero-order valence-corrected chi connectivity index (χ0v) is 16.3. The Morgan fingerprint density at radius 1 is 1.22 bits per heavy atom. The van der Waals surface area contributed by atoms with E-state index in [0.717, 1.165) is 44.0 Å². The van der Waals surface area contributed by atoms with Crippen LogP contribution in [0.25, 0.3) is 11.3 Å². The third-order valence-corrected chi connectivity index (χ3v) is 5.81. The first kappa shape index (κ1) is 18.5. The Balaban J connectivity index is 1.23. The largest absolute Gasteiger partial charge is 0.441 e. The zero-order valence-electron chi connectivity index (χ0n) is 15.5. The van der Waals surface area contributed by atoms with Crippen molar-refractivity contribution in [3.63, 3.8) is 0 Å². The van der Waals surface area contributed by atoms with Crippen LogP contribution < -0.4 is 5.32 Å². The molecule has 1 saturated carbocycles. The monoisotopic (exact) mass is 387 g/mol. The minimum absolute atomic E-state index is 0.188. The Morgan fingerprint density at radius 3 is 2.74 bits per heavy atom. The number of hydrogen-bond acceptors (Lipinski definition) is 4. The fourth-order valence-corrected chi connectivity index (χ4v) is 3.80. The lowest BCUT2D eigenvalue weighted by atomic mass is 10.0. The molecular weight excluding hydrogens is 362 g/mol. The zero-order chi connectivity index (χ0) is 18.6. The Bertz CT molecular complexity index is 779. The number of aryl methyl sites for hydroxylation is 1. The SMILES string of the molecule is O=C(CCc1ncc(-c2ccccc2Cl)o1)N1CCC(NCC2CC2)CC1. The van der Waals surface area contributed by atoms with Gasteiger partial charge in [-0.3, -0.25) is 4.79 Å². The number of nitrogens with one attached hydrogen (secondary N) is 1. The smallest absolute Gasteiger partial charge is 0.223 e. The number of benzene rings is 1. The van der Waals surface area contributed by atoms with Crippen molar-refractivity contribution in [1.29, 1.82) is 0 Å².